The van der Waals surface area contributed by atoms with Crippen molar-refractivity contribution in [3.8, 4) is 6.26 Å². The predicted octanol–water partition coefficient (Wildman–Crippen LogP) is 1.39. The highest BCUT2D eigenvalue weighted by Crippen LogP contribution is 2.21. The van der Waals surface area contributed by atoms with Gasteiger partial charge in [-0.15, -0.1) is 5.26 Å². The summed E-state index contributed by atoms with van der Waals surface area (Å²) in [7, 11) is 0. The summed E-state index contributed by atoms with van der Waals surface area (Å²) < 4.78 is 4.69. The molecular formula is C8H10N2O. The van der Waals surface area contributed by atoms with Crippen molar-refractivity contribution in [3.63, 3.8) is 0 Å². The highest BCUT2D eigenvalue weighted by Gasteiger charge is 2.08. The van der Waals surface area contributed by atoms with E-state index in [1.54, 1.807) is 12.3 Å². The summed E-state index contributed by atoms with van der Waals surface area (Å²) in [5, 5.41) is 8.25. The number of hydrogen-bond acceptors (Lipinski definition) is 3. The first-order valence-corrected chi connectivity index (χ1v) is 3.45. The van der Waals surface area contributed by atoms with Crippen LogP contribution >= 0.6 is 0 Å². The van der Waals surface area contributed by atoms with Gasteiger partial charge in [0.25, 0.3) is 6.26 Å². The van der Waals surface area contributed by atoms with E-state index < -0.39 is 0 Å². The SMILES string of the molecule is CC1=C(OC#N)C=C(N)CC1. The molecule has 1 rings (SSSR count). The molecule has 0 saturated heterocycles. The van der Waals surface area contributed by atoms with Gasteiger partial charge in [0.15, 0.2) is 0 Å². The molecule has 0 saturated carbocycles. The highest BCUT2D eigenvalue weighted by molar-refractivity contribution is 5.27. The molecule has 0 unspecified atom stereocenters. The first kappa shape index (κ1) is 7.67. The molecule has 0 aliphatic heterocycles. The highest BCUT2D eigenvalue weighted by atomic mass is 16.5. The van der Waals surface area contributed by atoms with Crippen molar-refractivity contribution in [3.05, 3.63) is 23.1 Å². The summed E-state index contributed by atoms with van der Waals surface area (Å²) in [6, 6.07) is 0. The Labute approximate surface area is 65.8 Å². The van der Waals surface area contributed by atoms with Crippen LogP contribution in [0.25, 0.3) is 0 Å². The number of nitrogens with two attached hydrogens (primary N) is 1. The van der Waals surface area contributed by atoms with E-state index >= 15 is 0 Å². The Hall–Kier alpha value is -1.43. The van der Waals surface area contributed by atoms with Crippen molar-refractivity contribution in [1.82, 2.24) is 0 Å². The third-order valence-corrected chi connectivity index (χ3v) is 1.68. The van der Waals surface area contributed by atoms with E-state index in [9.17, 15) is 0 Å². The van der Waals surface area contributed by atoms with E-state index in [0.717, 1.165) is 24.1 Å². The van der Waals surface area contributed by atoms with Gasteiger partial charge in [-0.25, -0.2) is 0 Å². The molecule has 2 N–H and O–H groups in total. The van der Waals surface area contributed by atoms with Crippen LogP contribution in [-0.4, -0.2) is 0 Å². The van der Waals surface area contributed by atoms with Gasteiger partial charge in [0.2, 0.25) is 0 Å². The van der Waals surface area contributed by atoms with E-state index in [0.29, 0.717) is 5.76 Å². The molecule has 0 radical (unpaired) electrons. The smallest absolute Gasteiger partial charge is 0.292 e. The average Bonchev–Trinajstić information content (AvgIpc) is 1.98. The fourth-order valence-corrected chi connectivity index (χ4v) is 0.985. The molecule has 0 aromatic carbocycles. The lowest BCUT2D eigenvalue weighted by Crippen LogP contribution is -2.05. The van der Waals surface area contributed by atoms with E-state index in [2.05, 4.69) is 0 Å². The van der Waals surface area contributed by atoms with Gasteiger partial charge in [-0.3, -0.25) is 0 Å². The molecule has 0 spiro atoms. The van der Waals surface area contributed by atoms with E-state index in [1.165, 1.54) is 0 Å². The van der Waals surface area contributed by atoms with Crippen LogP contribution < -0.4 is 5.73 Å². The van der Waals surface area contributed by atoms with Crippen LogP contribution in [0.2, 0.25) is 0 Å². The fourth-order valence-electron chi connectivity index (χ4n) is 0.985. The van der Waals surface area contributed by atoms with Crippen LogP contribution in [-0.2, 0) is 4.74 Å². The van der Waals surface area contributed by atoms with Crippen LogP contribution in [0.4, 0.5) is 0 Å². The normalized spacial score (nSPS) is 17.3. The number of hydrogen-bond donors (Lipinski definition) is 1. The molecule has 0 fully saturated rings. The van der Waals surface area contributed by atoms with Crippen LogP contribution in [0.3, 0.4) is 0 Å². The van der Waals surface area contributed by atoms with Crippen LogP contribution in [0.5, 0.6) is 0 Å². The van der Waals surface area contributed by atoms with Gasteiger partial charge in [0.1, 0.15) is 5.76 Å². The quantitative estimate of drug-likeness (QED) is 0.574. The van der Waals surface area contributed by atoms with Crippen LogP contribution in [0.1, 0.15) is 19.8 Å². The average molecular weight is 150 g/mol. The minimum atomic E-state index is 0.608. The Balaban J connectivity index is 2.82. The molecular weight excluding hydrogens is 140 g/mol. The molecule has 0 aromatic rings. The molecule has 1 aliphatic rings. The topological polar surface area (TPSA) is 59.0 Å². The van der Waals surface area contributed by atoms with Crippen molar-refractivity contribution >= 4 is 0 Å². The third kappa shape index (κ3) is 1.74. The molecule has 3 nitrogen and oxygen atoms in total. The third-order valence-electron chi connectivity index (χ3n) is 1.68. The Morgan fingerprint density at radius 3 is 3.00 bits per heavy atom. The molecule has 0 bridgehead atoms. The minimum Gasteiger partial charge on any atom is -0.402 e. The van der Waals surface area contributed by atoms with Crippen molar-refractivity contribution in [2.75, 3.05) is 0 Å². The second-order valence-electron chi connectivity index (χ2n) is 2.56. The molecule has 11 heavy (non-hydrogen) atoms. The number of rotatable bonds is 1. The Kier molecular flexibility index (Phi) is 2.17. The van der Waals surface area contributed by atoms with Crippen molar-refractivity contribution in [2.24, 2.45) is 5.73 Å². The molecule has 0 heterocycles. The van der Waals surface area contributed by atoms with E-state index in [-0.39, 0.29) is 0 Å². The zero-order valence-corrected chi connectivity index (χ0v) is 6.42. The predicted molar refractivity (Wildman–Crippen MR) is 40.9 cm³/mol. The standard InChI is InChI=1S/C8H10N2O/c1-6-2-3-7(10)4-8(6)11-5-9/h4H,2-3,10H2,1H3. The van der Waals surface area contributed by atoms with Crippen molar-refractivity contribution in [1.29, 1.82) is 5.26 Å². The molecule has 1 aliphatic carbocycles. The lowest BCUT2D eigenvalue weighted by Gasteiger charge is -2.11. The number of allylic oxidation sites excluding steroid dienone is 3. The summed E-state index contributed by atoms with van der Waals surface area (Å²) in [6.45, 7) is 1.94. The zero-order valence-electron chi connectivity index (χ0n) is 6.42. The Bertz CT molecular complexity index is 258. The van der Waals surface area contributed by atoms with Crippen molar-refractivity contribution in [2.45, 2.75) is 19.8 Å². The Morgan fingerprint density at radius 1 is 1.64 bits per heavy atom. The minimum absolute atomic E-state index is 0.608. The van der Waals surface area contributed by atoms with Crippen molar-refractivity contribution < 1.29 is 4.74 Å². The monoisotopic (exact) mass is 150 g/mol. The van der Waals surface area contributed by atoms with Gasteiger partial charge in [-0.2, -0.15) is 0 Å². The zero-order chi connectivity index (χ0) is 8.27. The molecule has 0 amide bonds. The van der Waals surface area contributed by atoms with Crippen LogP contribution in [0.15, 0.2) is 23.1 Å². The fraction of sp³-hybridized carbons (Fsp3) is 0.375. The van der Waals surface area contributed by atoms with Gasteiger partial charge in [-0.05, 0) is 25.3 Å². The number of ether oxygens (including phenoxy) is 1. The van der Waals surface area contributed by atoms with Gasteiger partial charge < -0.3 is 10.5 Å². The van der Waals surface area contributed by atoms with E-state index in [4.69, 9.17) is 15.7 Å². The number of nitrogens with zero attached hydrogens (tertiary/aromatic N) is 1. The van der Waals surface area contributed by atoms with Gasteiger partial charge in [0.05, 0.1) is 0 Å². The second-order valence-corrected chi connectivity index (χ2v) is 2.56. The summed E-state index contributed by atoms with van der Waals surface area (Å²) in [5.74, 6) is 0.608. The number of nitriles is 1. The summed E-state index contributed by atoms with van der Waals surface area (Å²) in [5.41, 5.74) is 7.42. The maximum absolute atomic E-state index is 8.25. The molecule has 0 aromatic heterocycles. The summed E-state index contributed by atoms with van der Waals surface area (Å²) in [4.78, 5) is 0. The Morgan fingerprint density at radius 2 is 2.36 bits per heavy atom. The van der Waals surface area contributed by atoms with Gasteiger partial charge in [0, 0.05) is 11.8 Å². The van der Waals surface area contributed by atoms with Crippen LogP contribution in [0, 0.1) is 11.5 Å². The molecule has 3 heteroatoms. The molecule has 0 atom stereocenters. The largest absolute Gasteiger partial charge is 0.402 e. The van der Waals surface area contributed by atoms with E-state index in [1.807, 2.05) is 6.92 Å². The lowest BCUT2D eigenvalue weighted by molar-refractivity contribution is 0.381. The first-order valence-electron chi connectivity index (χ1n) is 3.45. The lowest BCUT2D eigenvalue weighted by atomic mass is 10.0. The first-order chi connectivity index (χ1) is 5.24. The van der Waals surface area contributed by atoms with Gasteiger partial charge >= 0.3 is 0 Å². The second kappa shape index (κ2) is 3.11. The maximum Gasteiger partial charge on any atom is 0.292 e. The molecule has 58 valence electrons. The summed E-state index contributed by atoms with van der Waals surface area (Å²) in [6.07, 6.45) is 5.09. The summed E-state index contributed by atoms with van der Waals surface area (Å²) >= 11 is 0. The maximum atomic E-state index is 8.25. The van der Waals surface area contributed by atoms with Gasteiger partial charge in [-0.1, -0.05) is 0 Å².